The van der Waals surface area contributed by atoms with E-state index in [1.807, 2.05) is 18.2 Å². The molecule has 1 aliphatic rings. The molecule has 120 valence electrons. The van der Waals surface area contributed by atoms with Crippen molar-refractivity contribution in [3.63, 3.8) is 0 Å². The van der Waals surface area contributed by atoms with Crippen molar-refractivity contribution >= 4 is 0 Å². The van der Waals surface area contributed by atoms with Gasteiger partial charge in [0.1, 0.15) is 0 Å². The average Bonchev–Trinajstić information content (AvgIpc) is 2.58. The largest absolute Gasteiger partial charge is 0.381 e. The summed E-state index contributed by atoms with van der Waals surface area (Å²) < 4.78 is 5.83. The Morgan fingerprint density at radius 1 is 1.05 bits per heavy atom. The van der Waals surface area contributed by atoms with Crippen LogP contribution in [0.4, 0.5) is 0 Å². The fourth-order valence-electron chi connectivity index (χ4n) is 3.29. The molecule has 1 fully saturated rings. The molecule has 1 aliphatic carbocycles. The molecule has 0 aromatic heterocycles. The summed E-state index contributed by atoms with van der Waals surface area (Å²) in [6.07, 6.45) is 13.0. The van der Waals surface area contributed by atoms with Crippen molar-refractivity contribution in [3.8, 4) is 6.07 Å². The zero-order chi connectivity index (χ0) is 15.5. The topological polar surface area (TPSA) is 33.0 Å². The fraction of sp³-hybridized carbons (Fsp3) is 0.650. The minimum Gasteiger partial charge on any atom is -0.381 e. The van der Waals surface area contributed by atoms with Crippen molar-refractivity contribution < 1.29 is 4.74 Å². The van der Waals surface area contributed by atoms with E-state index in [2.05, 4.69) is 12.1 Å². The molecule has 2 heteroatoms. The maximum atomic E-state index is 8.88. The molecule has 0 heterocycles. The Morgan fingerprint density at radius 2 is 1.86 bits per heavy atom. The molecule has 0 aliphatic heterocycles. The molecule has 0 N–H and O–H groups in total. The first-order chi connectivity index (χ1) is 10.9. The third kappa shape index (κ3) is 6.62. The van der Waals surface area contributed by atoms with E-state index in [4.69, 9.17) is 10.00 Å². The van der Waals surface area contributed by atoms with Crippen LogP contribution in [-0.4, -0.2) is 13.2 Å². The van der Waals surface area contributed by atoms with E-state index in [9.17, 15) is 0 Å². The maximum absolute atomic E-state index is 8.88. The number of benzene rings is 1. The van der Waals surface area contributed by atoms with Gasteiger partial charge in [-0.3, -0.25) is 0 Å². The van der Waals surface area contributed by atoms with Gasteiger partial charge >= 0.3 is 0 Å². The van der Waals surface area contributed by atoms with Gasteiger partial charge in [-0.25, -0.2) is 0 Å². The number of rotatable bonds is 9. The van der Waals surface area contributed by atoms with Crippen LogP contribution in [0.2, 0.25) is 0 Å². The molecule has 0 amide bonds. The second-order valence-electron chi connectivity index (χ2n) is 6.56. The molecule has 1 saturated carbocycles. The maximum Gasteiger partial charge on any atom is 0.0991 e. The van der Waals surface area contributed by atoms with Crippen molar-refractivity contribution in [2.24, 2.45) is 5.92 Å². The highest BCUT2D eigenvalue weighted by Crippen LogP contribution is 2.23. The average molecular weight is 299 g/mol. The van der Waals surface area contributed by atoms with Crippen LogP contribution in [0.1, 0.15) is 68.9 Å². The van der Waals surface area contributed by atoms with Crippen LogP contribution in [0.5, 0.6) is 0 Å². The number of aryl methyl sites for hydroxylation is 1. The molecular weight excluding hydrogens is 270 g/mol. The number of nitrogens with zero attached hydrogens (tertiary/aromatic N) is 1. The van der Waals surface area contributed by atoms with Gasteiger partial charge < -0.3 is 4.74 Å². The van der Waals surface area contributed by atoms with Gasteiger partial charge in [0.15, 0.2) is 0 Å². The van der Waals surface area contributed by atoms with Gasteiger partial charge in [0.25, 0.3) is 0 Å². The number of hydrogen-bond donors (Lipinski definition) is 0. The summed E-state index contributed by atoms with van der Waals surface area (Å²) >= 11 is 0. The first-order valence-electron chi connectivity index (χ1n) is 8.95. The molecule has 0 spiro atoms. The number of nitriles is 1. The molecule has 1 aromatic rings. The van der Waals surface area contributed by atoms with Crippen LogP contribution >= 0.6 is 0 Å². The lowest BCUT2D eigenvalue weighted by molar-refractivity contribution is 0.0824. The van der Waals surface area contributed by atoms with E-state index in [0.717, 1.165) is 31.1 Å². The summed E-state index contributed by atoms with van der Waals surface area (Å²) in [7, 11) is 0. The monoisotopic (exact) mass is 299 g/mol. The van der Waals surface area contributed by atoms with Crippen LogP contribution in [0.25, 0.3) is 0 Å². The van der Waals surface area contributed by atoms with Crippen LogP contribution in [-0.2, 0) is 11.2 Å². The Balaban J connectivity index is 1.45. The van der Waals surface area contributed by atoms with Gasteiger partial charge in [0, 0.05) is 13.2 Å². The predicted octanol–water partition coefficient (Wildman–Crippen LogP) is 5.26. The Kier molecular flexibility index (Phi) is 8.05. The molecule has 2 nitrogen and oxygen atoms in total. The van der Waals surface area contributed by atoms with Crippen LogP contribution in [0, 0.1) is 17.2 Å². The highest BCUT2D eigenvalue weighted by atomic mass is 16.5. The number of unbranched alkanes of at least 4 members (excludes halogenated alkanes) is 3. The highest BCUT2D eigenvalue weighted by Gasteiger charge is 2.12. The quantitative estimate of drug-likeness (QED) is 0.583. The summed E-state index contributed by atoms with van der Waals surface area (Å²) in [5, 5.41) is 8.88. The second kappa shape index (κ2) is 10.4. The SMILES string of the molecule is N#Cc1cccc(CCCCCCOCC2CCCCC2)c1. The molecule has 22 heavy (non-hydrogen) atoms. The normalized spacial score (nSPS) is 15.6. The molecular formula is C20H29NO. The molecule has 0 saturated heterocycles. The first kappa shape index (κ1) is 17.0. The standard InChI is InChI=1S/C20H29NO/c21-16-20-13-8-12-18(15-20)9-4-1-2-7-14-22-17-19-10-5-3-6-11-19/h8,12-13,15,19H,1-7,9-11,14,17H2. The fourth-order valence-corrected chi connectivity index (χ4v) is 3.29. The molecule has 0 atom stereocenters. The highest BCUT2D eigenvalue weighted by molar-refractivity contribution is 5.32. The summed E-state index contributed by atoms with van der Waals surface area (Å²) in [4.78, 5) is 0. The van der Waals surface area contributed by atoms with Crippen molar-refractivity contribution in [2.75, 3.05) is 13.2 Å². The molecule has 0 unspecified atom stereocenters. The minimum absolute atomic E-state index is 0.772. The van der Waals surface area contributed by atoms with E-state index in [1.54, 1.807) is 0 Å². The number of ether oxygens (including phenoxy) is 1. The Bertz CT molecular complexity index is 457. The summed E-state index contributed by atoms with van der Waals surface area (Å²) in [5.74, 6) is 0.834. The van der Waals surface area contributed by atoms with Crippen molar-refractivity contribution in [1.29, 1.82) is 5.26 Å². The smallest absolute Gasteiger partial charge is 0.0991 e. The van der Waals surface area contributed by atoms with Crippen LogP contribution in [0.3, 0.4) is 0 Å². The molecule has 0 radical (unpaired) electrons. The van der Waals surface area contributed by atoms with Gasteiger partial charge in [-0.05, 0) is 55.7 Å². The van der Waals surface area contributed by atoms with Crippen LogP contribution in [0.15, 0.2) is 24.3 Å². The predicted molar refractivity (Wildman–Crippen MR) is 90.7 cm³/mol. The summed E-state index contributed by atoms with van der Waals surface area (Å²) in [6, 6.07) is 10.2. The van der Waals surface area contributed by atoms with E-state index < -0.39 is 0 Å². The zero-order valence-electron chi connectivity index (χ0n) is 13.7. The van der Waals surface area contributed by atoms with Gasteiger partial charge in [0.2, 0.25) is 0 Å². The Morgan fingerprint density at radius 3 is 2.68 bits per heavy atom. The lowest BCUT2D eigenvalue weighted by Gasteiger charge is -2.21. The lowest BCUT2D eigenvalue weighted by atomic mass is 9.90. The van der Waals surface area contributed by atoms with Crippen molar-refractivity contribution in [2.45, 2.75) is 64.2 Å². The van der Waals surface area contributed by atoms with Crippen LogP contribution < -0.4 is 0 Å². The lowest BCUT2D eigenvalue weighted by Crippen LogP contribution is -2.13. The third-order valence-corrected chi connectivity index (χ3v) is 4.64. The van der Waals surface area contributed by atoms with E-state index in [-0.39, 0.29) is 0 Å². The first-order valence-corrected chi connectivity index (χ1v) is 8.95. The zero-order valence-corrected chi connectivity index (χ0v) is 13.7. The van der Waals surface area contributed by atoms with Gasteiger partial charge in [-0.2, -0.15) is 5.26 Å². The number of hydrogen-bond acceptors (Lipinski definition) is 2. The van der Waals surface area contributed by atoms with Crippen molar-refractivity contribution in [3.05, 3.63) is 35.4 Å². The Hall–Kier alpha value is -1.33. The summed E-state index contributed by atoms with van der Waals surface area (Å²) in [5.41, 5.74) is 2.06. The molecule has 2 rings (SSSR count). The minimum atomic E-state index is 0.772. The Labute approximate surface area is 135 Å². The third-order valence-electron chi connectivity index (χ3n) is 4.64. The molecule has 0 bridgehead atoms. The van der Waals surface area contributed by atoms with Gasteiger partial charge in [-0.15, -0.1) is 0 Å². The second-order valence-corrected chi connectivity index (χ2v) is 6.56. The van der Waals surface area contributed by atoms with E-state index in [0.29, 0.717) is 0 Å². The molecule has 1 aromatic carbocycles. The van der Waals surface area contributed by atoms with Gasteiger partial charge in [0.05, 0.1) is 11.6 Å². The summed E-state index contributed by atoms with van der Waals surface area (Å²) in [6.45, 7) is 1.92. The van der Waals surface area contributed by atoms with E-state index >= 15 is 0 Å². The van der Waals surface area contributed by atoms with Crippen molar-refractivity contribution in [1.82, 2.24) is 0 Å². The van der Waals surface area contributed by atoms with E-state index in [1.165, 1.54) is 63.4 Å². The van der Waals surface area contributed by atoms with Gasteiger partial charge in [-0.1, -0.05) is 44.2 Å².